The van der Waals surface area contributed by atoms with Crippen LogP contribution in [-0.4, -0.2) is 80.8 Å². The van der Waals surface area contributed by atoms with Crippen molar-refractivity contribution in [3.63, 3.8) is 0 Å². The molecule has 192 valence electrons. The Morgan fingerprint density at radius 3 is 2.60 bits per heavy atom. The summed E-state index contributed by atoms with van der Waals surface area (Å²) < 4.78 is 12.1. The Hall–Kier alpha value is -1.48. The van der Waals surface area contributed by atoms with Gasteiger partial charge in [-0.2, -0.15) is 0 Å². The quantitative estimate of drug-likeness (QED) is 0.398. The van der Waals surface area contributed by atoms with Gasteiger partial charge in [0.1, 0.15) is 17.8 Å². The molecule has 3 aliphatic heterocycles. The lowest BCUT2D eigenvalue weighted by Crippen LogP contribution is -2.76. The maximum Gasteiger partial charge on any atom is 0.309 e. The Balaban J connectivity index is 1.40. The van der Waals surface area contributed by atoms with E-state index in [0.717, 1.165) is 5.57 Å². The summed E-state index contributed by atoms with van der Waals surface area (Å²) in [5.41, 5.74) is -2.15. The van der Waals surface area contributed by atoms with Crippen molar-refractivity contribution < 1.29 is 34.4 Å². The lowest BCUT2D eigenvalue weighted by atomic mass is 9.38. The highest BCUT2D eigenvalue weighted by molar-refractivity contribution is 5.72. The van der Waals surface area contributed by atoms with E-state index in [1.165, 1.54) is 6.92 Å². The summed E-state index contributed by atoms with van der Waals surface area (Å²) in [7, 11) is 0. The molecule has 9 aliphatic rings. The van der Waals surface area contributed by atoms with Gasteiger partial charge >= 0.3 is 11.9 Å². The average Bonchev–Trinajstić information content (AvgIpc) is 3.21. The number of hydrogen-bond acceptors (Lipinski definition) is 8. The minimum Gasteiger partial charge on any atom is -0.458 e. The van der Waals surface area contributed by atoms with Crippen molar-refractivity contribution in [1.82, 2.24) is 4.90 Å². The Morgan fingerprint density at radius 2 is 1.94 bits per heavy atom. The summed E-state index contributed by atoms with van der Waals surface area (Å²) in [6, 6.07) is -0.143. The highest BCUT2D eigenvalue weighted by Gasteiger charge is 2.95. The minimum atomic E-state index is -1.34. The van der Waals surface area contributed by atoms with Crippen LogP contribution in [0.25, 0.3) is 0 Å². The summed E-state index contributed by atoms with van der Waals surface area (Å²) in [4.78, 5) is 27.6. The van der Waals surface area contributed by atoms with Crippen LogP contribution >= 0.6 is 0 Å². The third-order valence-electron chi connectivity index (χ3n) is 12.1. The number of rotatable bonds is 4. The van der Waals surface area contributed by atoms with Crippen molar-refractivity contribution >= 4 is 11.9 Å². The van der Waals surface area contributed by atoms with Gasteiger partial charge in [0, 0.05) is 53.6 Å². The van der Waals surface area contributed by atoms with Crippen LogP contribution in [0.1, 0.15) is 53.4 Å². The monoisotopic (exact) mass is 487 g/mol. The van der Waals surface area contributed by atoms with E-state index < -0.39 is 58.1 Å². The molecule has 3 heterocycles. The summed E-state index contributed by atoms with van der Waals surface area (Å²) in [6.45, 7) is 12.1. The molecule has 2 spiro atoms. The van der Waals surface area contributed by atoms with Crippen LogP contribution in [0.5, 0.6) is 0 Å². The highest BCUT2D eigenvalue weighted by atomic mass is 16.6. The topological polar surface area (TPSA) is 117 Å². The van der Waals surface area contributed by atoms with Crippen molar-refractivity contribution in [3.8, 4) is 0 Å². The number of piperidine rings is 2. The number of aliphatic hydroxyl groups excluding tert-OH is 2. The van der Waals surface area contributed by atoms with Gasteiger partial charge in [0.05, 0.1) is 18.1 Å². The Labute approximate surface area is 205 Å². The fourth-order valence-electron chi connectivity index (χ4n) is 11.5. The molecule has 6 aliphatic carbocycles. The van der Waals surface area contributed by atoms with E-state index in [-0.39, 0.29) is 35.8 Å². The number of hydrogen-bond donors (Lipinski definition) is 3. The smallest absolute Gasteiger partial charge is 0.309 e. The van der Waals surface area contributed by atoms with E-state index in [0.29, 0.717) is 32.2 Å². The SMILES string of the molecule is C=C1C[C@@]23C[C@H]4[C@@H]5[C@]6(C)CN4[C@H]4[C@]5(C[C@@H](OC(=O)C(C)CC)[C@H]6OC(C)=O)[C@@H]2[C@H](O)[C@@H]1[C@@H](O)[C@]43O. The molecular formula is C27H37NO7. The van der Waals surface area contributed by atoms with Gasteiger partial charge in [-0.3, -0.25) is 14.5 Å². The van der Waals surface area contributed by atoms with Gasteiger partial charge < -0.3 is 24.8 Å². The summed E-state index contributed by atoms with van der Waals surface area (Å²) in [5, 5.41) is 35.8. The van der Waals surface area contributed by atoms with Crippen molar-refractivity contribution in [2.75, 3.05) is 6.54 Å². The first-order valence-corrected chi connectivity index (χ1v) is 13.3. The molecular weight excluding hydrogens is 450 g/mol. The van der Waals surface area contributed by atoms with Gasteiger partial charge in [0.25, 0.3) is 0 Å². The second kappa shape index (κ2) is 6.32. The maximum absolute atomic E-state index is 13.0. The molecule has 0 radical (unpaired) electrons. The molecule has 9 fully saturated rings. The summed E-state index contributed by atoms with van der Waals surface area (Å²) in [5.74, 6) is -1.69. The van der Waals surface area contributed by atoms with E-state index in [9.17, 15) is 24.9 Å². The molecule has 8 heteroatoms. The van der Waals surface area contributed by atoms with Gasteiger partial charge in [-0.15, -0.1) is 0 Å². The van der Waals surface area contributed by atoms with Crippen LogP contribution in [-0.2, 0) is 19.1 Å². The fourth-order valence-corrected chi connectivity index (χ4v) is 11.5. The number of aliphatic hydroxyl groups is 3. The molecule has 0 aromatic carbocycles. The average molecular weight is 488 g/mol. The molecule has 3 saturated heterocycles. The lowest BCUT2D eigenvalue weighted by Gasteiger charge is -2.68. The summed E-state index contributed by atoms with van der Waals surface area (Å²) in [6.07, 6.45) is -0.752. The first kappa shape index (κ1) is 22.7. The molecule has 6 saturated carbocycles. The number of nitrogens with zero attached hydrogens (tertiary/aromatic N) is 1. The largest absolute Gasteiger partial charge is 0.458 e. The van der Waals surface area contributed by atoms with Crippen molar-refractivity contribution in [2.24, 2.45) is 39.9 Å². The predicted octanol–water partition coefficient (Wildman–Crippen LogP) is 1.02. The van der Waals surface area contributed by atoms with Gasteiger partial charge in [-0.05, 0) is 31.6 Å². The van der Waals surface area contributed by atoms with E-state index in [1.54, 1.807) is 0 Å². The number of carbonyl (C=O) groups is 2. The minimum absolute atomic E-state index is 0.0713. The van der Waals surface area contributed by atoms with Gasteiger partial charge in [-0.25, -0.2) is 0 Å². The Bertz CT molecular complexity index is 1060. The zero-order valence-corrected chi connectivity index (χ0v) is 20.9. The molecule has 0 aromatic heterocycles. The van der Waals surface area contributed by atoms with Crippen molar-refractivity contribution in [1.29, 1.82) is 0 Å². The second-order valence-electron chi connectivity index (χ2n) is 13.2. The summed E-state index contributed by atoms with van der Waals surface area (Å²) >= 11 is 0. The normalized spacial score (nSPS) is 60.7. The van der Waals surface area contributed by atoms with Crippen LogP contribution in [0.3, 0.4) is 0 Å². The van der Waals surface area contributed by atoms with Crippen LogP contribution in [0.15, 0.2) is 12.2 Å². The molecule has 9 rings (SSSR count). The second-order valence-corrected chi connectivity index (χ2v) is 13.2. The highest BCUT2D eigenvalue weighted by Crippen LogP contribution is 2.88. The number of esters is 2. The van der Waals surface area contributed by atoms with E-state index >= 15 is 0 Å². The molecule has 3 N–H and O–H groups in total. The molecule has 2 unspecified atom stereocenters. The zero-order chi connectivity index (χ0) is 25.0. The predicted molar refractivity (Wildman–Crippen MR) is 123 cm³/mol. The molecule has 8 nitrogen and oxygen atoms in total. The molecule has 9 bridgehead atoms. The molecule has 0 amide bonds. The van der Waals surface area contributed by atoms with Crippen LogP contribution in [0.4, 0.5) is 0 Å². The van der Waals surface area contributed by atoms with Crippen LogP contribution in [0.2, 0.25) is 0 Å². The molecule has 0 aromatic rings. The molecule has 35 heavy (non-hydrogen) atoms. The molecule has 15 atom stereocenters. The lowest BCUT2D eigenvalue weighted by molar-refractivity contribution is -0.282. The zero-order valence-electron chi connectivity index (χ0n) is 20.9. The van der Waals surface area contributed by atoms with E-state index in [4.69, 9.17) is 9.47 Å². The third-order valence-corrected chi connectivity index (χ3v) is 12.1. The number of ether oxygens (including phenoxy) is 2. The Kier molecular flexibility index (Phi) is 4.10. The van der Waals surface area contributed by atoms with E-state index in [1.807, 2.05) is 13.8 Å². The van der Waals surface area contributed by atoms with Gasteiger partial charge in [0.15, 0.2) is 0 Å². The Morgan fingerprint density at radius 1 is 1.23 bits per heavy atom. The van der Waals surface area contributed by atoms with Crippen LogP contribution < -0.4 is 0 Å². The van der Waals surface area contributed by atoms with Gasteiger partial charge in [-0.1, -0.05) is 32.9 Å². The number of fused-ring (bicyclic) bond motifs is 1. The first-order chi connectivity index (χ1) is 16.4. The third kappa shape index (κ3) is 2.05. The maximum atomic E-state index is 13.0. The van der Waals surface area contributed by atoms with Crippen LogP contribution in [0, 0.1) is 39.9 Å². The van der Waals surface area contributed by atoms with E-state index in [2.05, 4.69) is 18.4 Å². The fraction of sp³-hybridized carbons (Fsp3) is 0.852. The van der Waals surface area contributed by atoms with Crippen molar-refractivity contribution in [2.45, 2.75) is 95.5 Å². The van der Waals surface area contributed by atoms with Gasteiger partial charge in [0.2, 0.25) is 0 Å². The number of carbonyl (C=O) groups excluding carboxylic acids is 2. The first-order valence-electron chi connectivity index (χ1n) is 13.3. The van der Waals surface area contributed by atoms with Crippen molar-refractivity contribution in [3.05, 3.63) is 12.2 Å². The standard InChI is InChI=1S/C27H37NO7/c1-6-11(2)22(32)35-15-9-26-18-14-8-25-7-12(3)16(17(30)19(25)26)20(31)27(25,33)23(26)28(14)10-24(18,5)21(15)34-13(4)29/h11,14-21,23,30-31,33H,3,6-10H2,1-2,4-5H3/t11?,14-,15+,16+,17+,18+,19+,20+,21+,23-,24-,25+,26-,27-/m0/s1.